The van der Waals surface area contributed by atoms with Crippen LogP contribution in [0.4, 0.5) is 13.2 Å². The van der Waals surface area contributed by atoms with Crippen molar-refractivity contribution in [1.82, 2.24) is 4.98 Å². The maximum Gasteiger partial charge on any atom is 0.376 e. The number of aryl methyl sites for hydroxylation is 1. The number of halogens is 3. The van der Waals surface area contributed by atoms with Crippen molar-refractivity contribution in [3.8, 4) is 11.5 Å². The van der Waals surface area contributed by atoms with Crippen molar-refractivity contribution in [3.63, 3.8) is 0 Å². The molecule has 2 aromatic rings. The number of hydrogen-bond acceptors (Lipinski definition) is 4. The van der Waals surface area contributed by atoms with Crippen LogP contribution in [0.25, 0.3) is 11.5 Å². The van der Waals surface area contributed by atoms with Crippen LogP contribution in [0, 0.1) is 12.7 Å². The number of carbonyl (C=O) groups excluding carboxylic acids is 1. The molecule has 0 saturated heterocycles. The minimum absolute atomic E-state index is 0.00362. The Labute approximate surface area is 118 Å². The van der Waals surface area contributed by atoms with E-state index in [0.29, 0.717) is 5.56 Å². The highest BCUT2D eigenvalue weighted by Crippen LogP contribution is 2.30. The minimum Gasteiger partial charge on any atom is -0.460 e. The van der Waals surface area contributed by atoms with Crippen LogP contribution >= 0.6 is 0 Å². The molecule has 0 bridgehead atoms. The molecular formula is C14H12F3NO3. The van der Waals surface area contributed by atoms with E-state index in [1.807, 2.05) is 0 Å². The third-order valence-corrected chi connectivity index (χ3v) is 2.67. The Morgan fingerprint density at radius 2 is 2.14 bits per heavy atom. The second kappa shape index (κ2) is 5.99. The van der Waals surface area contributed by atoms with Gasteiger partial charge in [0.05, 0.1) is 12.2 Å². The molecule has 1 aromatic heterocycles. The van der Waals surface area contributed by atoms with Crippen molar-refractivity contribution in [2.75, 3.05) is 6.61 Å². The highest BCUT2D eigenvalue weighted by Gasteiger charge is 2.28. The highest BCUT2D eigenvalue weighted by atomic mass is 19.3. The van der Waals surface area contributed by atoms with Crippen molar-refractivity contribution in [3.05, 3.63) is 41.0 Å². The van der Waals surface area contributed by atoms with Crippen LogP contribution in [0.1, 0.15) is 35.2 Å². The first-order valence-electron chi connectivity index (χ1n) is 6.16. The zero-order valence-corrected chi connectivity index (χ0v) is 11.3. The largest absolute Gasteiger partial charge is 0.460 e. The molecule has 0 aliphatic carbocycles. The lowest BCUT2D eigenvalue weighted by Gasteiger charge is -2.00. The van der Waals surface area contributed by atoms with Crippen molar-refractivity contribution >= 4 is 5.97 Å². The smallest absolute Gasteiger partial charge is 0.376 e. The van der Waals surface area contributed by atoms with E-state index in [-0.39, 0.29) is 18.1 Å². The maximum atomic E-state index is 13.7. The Bertz CT molecular complexity index is 667. The normalized spacial score (nSPS) is 11.0. The summed E-state index contributed by atoms with van der Waals surface area (Å²) < 4.78 is 49.2. The van der Waals surface area contributed by atoms with Crippen LogP contribution in [0.2, 0.25) is 0 Å². The lowest BCUT2D eigenvalue weighted by atomic mass is 10.1. The summed E-state index contributed by atoms with van der Waals surface area (Å²) in [5, 5.41) is 0. The molecule has 2 rings (SSSR count). The van der Waals surface area contributed by atoms with E-state index >= 15 is 0 Å². The summed E-state index contributed by atoms with van der Waals surface area (Å²) in [6.07, 6.45) is -3.03. The Kier molecular flexibility index (Phi) is 4.30. The zero-order chi connectivity index (χ0) is 15.6. The average molecular weight is 299 g/mol. The summed E-state index contributed by atoms with van der Waals surface area (Å²) in [6, 6.07) is 4.08. The topological polar surface area (TPSA) is 52.3 Å². The standard InChI is InChI=1S/C14H12F3NO3/c1-3-20-14(19)11-10(12(16)17)18-13(21-11)8-6-7(2)4-5-9(8)15/h4-6,12H,3H2,1-2H3. The third-order valence-electron chi connectivity index (χ3n) is 2.67. The van der Waals surface area contributed by atoms with Gasteiger partial charge in [0, 0.05) is 0 Å². The van der Waals surface area contributed by atoms with Gasteiger partial charge in [-0.15, -0.1) is 0 Å². The summed E-state index contributed by atoms with van der Waals surface area (Å²) in [7, 11) is 0. The predicted molar refractivity (Wildman–Crippen MR) is 67.5 cm³/mol. The maximum absolute atomic E-state index is 13.7. The van der Waals surface area contributed by atoms with Gasteiger partial charge in [0.2, 0.25) is 11.7 Å². The predicted octanol–water partition coefficient (Wildman–Crippen LogP) is 3.90. The molecule has 21 heavy (non-hydrogen) atoms. The van der Waals surface area contributed by atoms with Crippen molar-refractivity contribution in [2.45, 2.75) is 20.3 Å². The number of aromatic nitrogens is 1. The Morgan fingerprint density at radius 1 is 1.43 bits per heavy atom. The SMILES string of the molecule is CCOC(=O)c1oc(-c2cc(C)ccc2F)nc1C(F)F. The lowest BCUT2D eigenvalue weighted by Crippen LogP contribution is -2.06. The van der Waals surface area contributed by atoms with Crippen molar-refractivity contribution < 1.29 is 27.1 Å². The fourth-order valence-corrected chi connectivity index (χ4v) is 1.74. The summed E-state index contributed by atoms with van der Waals surface area (Å²) in [5.41, 5.74) is -0.252. The van der Waals surface area contributed by atoms with Gasteiger partial charge in [0.1, 0.15) is 5.82 Å². The van der Waals surface area contributed by atoms with Gasteiger partial charge in [-0.05, 0) is 26.0 Å². The number of oxazole rings is 1. The first kappa shape index (κ1) is 15.1. The van der Waals surface area contributed by atoms with E-state index in [4.69, 9.17) is 4.42 Å². The molecule has 112 valence electrons. The second-order valence-electron chi connectivity index (χ2n) is 4.24. The fraction of sp³-hybridized carbons (Fsp3) is 0.286. The minimum atomic E-state index is -3.03. The molecule has 0 radical (unpaired) electrons. The molecule has 0 saturated carbocycles. The molecule has 4 nitrogen and oxygen atoms in total. The van der Waals surface area contributed by atoms with E-state index < -0.39 is 29.7 Å². The summed E-state index contributed by atoms with van der Waals surface area (Å²) >= 11 is 0. The van der Waals surface area contributed by atoms with Crippen LogP contribution in [-0.2, 0) is 4.74 Å². The van der Waals surface area contributed by atoms with Gasteiger partial charge in [-0.25, -0.2) is 22.9 Å². The van der Waals surface area contributed by atoms with Gasteiger partial charge in [-0.1, -0.05) is 11.6 Å². The molecule has 0 atom stereocenters. The number of benzene rings is 1. The molecule has 0 fully saturated rings. The Hall–Kier alpha value is -2.31. The van der Waals surface area contributed by atoms with E-state index in [0.717, 1.165) is 0 Å². The van der Waals surface area contributed by atoms with E-state index in [2.05, 4.69) is 9.72 Å². The summed E-state index contributed by atoms with van der Waals surface area (Å²) in [5.74, 6) is -2.82. The van der Waals surface area contributed by atoms with Gasteiger partial charge in [0.15, 0.2) is 5.69 Å². The van der Waals surface area contributed by atoms with Crippen LogP contribution in [0.15, 0.2) is 22.6 Å². The molecule has 0 N–H and O–H groups in total. The lowest BCUT2D eigenvalue weighted by molar-refractivity contribution is 0.0476. The molecule has 0 aliphatic rings. The third kappa shape index (κ3) is 3.07. The molecule has 7 heteroatoms. The molecule has 0 spiro atoms. The molecule has 0 unspecified atom stereocenters. The number of nitrogens with zero attached hydrogens (tertiary/aromatic N) is 1. The van der Waals surface area contributed by atoms with Crippen LogP contribution in [0.3, 0.4) is 0 Å². The van der Waals surface area contributed by atoms with E-state index in [9.17, 15) is 18.0 Å². The fourth-order valence-electron chi connectivity index (χ4n) is 1.74. The quantitative estimate of drug-likeness (QED) is 0.803. The Balaban J connectivity index is 2.53. The number of esters is 1. The first-order valence-corrected chi connectivity index (χ1v) is 6.16. The number of carbonyl (C=O) groups is 1. The molecular weight excluding hydrogens is 287 g/mol. The van der Waals surface area contributed by atoms with Crippen LogP contribution < -0.4 is 0 Å². The first-order chi connectivity index (χ1) is 9.93. The number of hydrogen-bond donors (Lipinski definition) is 0. The summed E-state index contributed by atoms with van der Waals surface area (Å²) in [6.45, 7) is 3.22. The summed E-state index contributed by atoms with van der Waals surface area (Å²) in [4.78, 5) is 15.1. The molecule has 0 amide bonds. The van der Waals surface area contributed by atoms with E-state index in [1.165, 1.54) is 25.1 Å². The number of ether oxygens (including phenoxy) is 1. The molecule has 1 heterocycles. The van der Waals surface area contributed by atoms with Gasteiger partial charge >= 0.3 is 5.97 Å². The van der Waals surface area contributed by atoms with Gasteiger partial charge in [-0.3, -0.25) is 0 Å². The van der Waals surface area contributed by atoms with Crippen LogP contribution in [0.5, 0.6) is 0 Å². The van der Waals surface area contributed by atoms with E-state index in [1.54, 1.807) is 6.92 Å². The van der Waals surface area contributed by atoms with Crippen molar-refractivity contribution in [2.24, 2.45) is 0 Å². The molecule has 1 aromatic carbocycles. The molecule has 0 aliphatic heterocycles. The number of rotatable bonds is 4. The van der Waals surface area contributed by atoms with Gasteiger partial charge < -0.3 is 9.15 Å². The van der Waals surface area contributed by atoms with Gasteiger partial charge in [0.25, 0.3) is 6.43 Å². The van der Waals surface area contributed by atoms with Crippen molar-refractivity contribution in [1.29, 1.82) is 0 Å². The average Bonchev–Trinajstić information content (AvgIpc) is 2.87. The highest BCUT2D eigenvalue weighted by molar-refractivity contribution is 5.88. The zero-order valence-electron chi connectivity index (χ0n) is 11.3. The van der Waals surface area contributed by atoms with Crippen LogP contribution in [-0.4, -0.2) is 17.6 Å². The monoisotopic (exact) mass is 299 g/mol. The van der Waals surface area contributed by atoms with Gasteiger partial charge in [-0.2, -0.15) is 0 Å². The Morgan fingerprint density at radius 3 is 2.76 bits per heavy atom. The second-order valence-corrected chi connectivity index (χ2v) is 4.24. The number of alkyl halides is 2.